The molecule has 16 heavy (non-hydrogen) atoms. The van der Waals surface area contributed by atoms with Crippen LogP contribution in [0.2, 0.25) is 0 Å². The molecule has 1 aromatic rings. The maximum absolute atomic E-state index is 5.94. The van der Waals surface area contributed by atoms with Gasteiger partial charge < -0.3 is 9.47 Å². The van der Waals surface area contributed by atoms with Gasteiger partial charge in [0.15, 0.2) is 0 Å². The molecule has 0 spiro atoms. The van der Waals surface area contributed by atoms with Gasteiger partial charge in [-0.3, -0.25) is 0 Å². The monoisotopic (exact) mass is 220 g/mol. The summed E-state index contributed by atoms with van der Waals surface area (Å²) in [5.41, 5.74) is 2.46. The lowest BCUT2D eigenvalue weighted by Gasteiger charge is -2.41. The van der Waals surface area contributed by atoms with Crippen molar-refractivity contribution < 1.29 is 9.47 Å². The minimum absolute atomic E-state index is 0.0550. The van der Waals surface area contributed by atoms with Crippen LogP contribution in [0.4, 0.5) is 0 Å². The van der Waals surface area contributed by atoms with Crippen molar-refractivity contribution >= 4 is 0 Å². The van der Waals surface area contributed by atoms with Crippen molar-refractivity contribution in [2.24, 2.45) is 0 Å². The van der Waals surface area contributed by atoms with Gasteiger partial charge in [-0.2, -0.15) is 0 Å². The molecule has 0 saturated carbocycles. The van der Waals surface area contributed by atoms with Crippen LogP contribution in [-0.4, -0.2) is 13.7 Å². The van der Waals surface area contributed by atoms with E-state index in [-0.39, 0.29) is 11.0 Å². The molecule has 0 radical (unpaired) electrons. The van der Waals surface area contributed by atoms with Crippen molar-refractivity contribution in [2.75, 3.05) is 13.7 Å². The molecular weight excluding hydrogens is 200 g/mol. The van der Waals surface area contributed by atoms with Crippen LogP contribution in [-0.2, 0) is 15.8 Å². The van der Waals surface area contributed by atoms with E-state index in [1.807, 2.05) is 6.07 Å². The normalized spacial score (nSPS) is 21.3. The predicted octanol–water partition coefficient (Wildman–Crippen LogP) is 3.24. The molecule has 0 aromatic heterocycles. The summed E-state index contributed by atoms with van der Waals surface area (Å²) >= 11 is 0. The van der Waals surface area contributed by atoms with Crippen LogP contribution in [0, 0.1) is 0 Å². The topological polar surface area (TPSA) is 18.5 Å². The fourth-order valence-corrected chi connectivity index (χ4v) is 2.25. The van der Waals surface area contributed by atoms with E-state index in [2.05, 4.69) is 39.8 Å². The number of benzene rings is 1. The molecule has 1 heterocycles. The average molecular weight is 220 g/mol. The van der Waals surface area contributed by atoms with Gasteiger partial charge in [0.25, 0.3) is 0 Å². The van der Waals surface area contributed by atoms with E-state index >= 15 is 0 Å². The van der Waals surface area contributed by atoms with Crippen LogP contribution in [0.5, 0.6) is 5.75 Å². The molecule has 0 saturated heterocycles. The predicted molar refractivity (Wildman–Crippen MR) is 65.0 cm³/mol. The average Bonchev–Trinajstić information content (AvgIpc) is 2.24. The summed E-state index contributed by atoms with van der Waals surface area (Å²) in [5, 5.41) is 0. The maximum Gasteiger partial charge on any atom is 0.119 e. The highest BCUT2D eigenvalue weighted by atomic mass is 16.5. The van der Waals surface area contributed by atoms with Gasteiger partial charge in [0.1, 0.15) is 5.75 Å². The summed E-state index contributed by atoms with van der Waals surface area (Å²) in [5.74, 6) is 0.921. The van der Waals surface area contributed by atoms with Crippen molar-refractivity contribution in [1.29, 1.82) is 0 Å². The highest BCUT2D eigenvalue weighted by molar-refractivity contribution is 5.44. The second-order valence-electron chi connectivity index (χ2n) is 5.59. The van der Waals surface area contributed by atoms with Crippen molar-refractivity contribution in [3.63, 3.8) is 0 Å². The van der Waals surface area contributed by atoms with Crippen LogP contribution in [0.3, 0.4) is 0 Å². The molecule has 2 rings (SSSR count). The standard InChI is InChI=1S/C14H20O2/c1-13(2)9-16-14(3,4)11-7-6-10(15-5)8-12(11)13/h6-8H,9H2,1-5H3. The largest absolute Gasteiger partial charge is 0.497 e. The smallest absolute Gasteiger partial charge is 0.119 e. The SMILES string of the molecule is COc1ccc2c(c1)C(C)(C)COC2(C)C. The van der Waals surface area contributed by atoms with Gasteiger partial charge in [-0.15, -0.1) is 0 Å². The Bertz CT molecular complexity index is 405. The Morgan fingerprint density at radius 3 is 2.44 bits per heavy atom. The Morgan fingerprint density at radius 2 is 1.81 bits per heavy atom. The molecule has 88 valence electrons. The molecule has 1 aliphatic rings. The Morgan fingerprint density at radius 1 is 1.12 bits per heavy atom. The van der Waals surface area contributed by atoms with Gasteiger partial charge in [-0.1, -0.05) is 19.9 Å². The summed E-state index contributed by atoms with van der Waals surface area (Å²) in [6.07, 6.45) is 0. The summed E-state index contributed by atoms with van der Waals surface area (Å²) in [6.45, 7) is 9.41. The molecule has 0 bridgehead atoms. The highest BCUT2D eigenvalue weighted by Crippen LogP contribution is 2.42. The minimum Gasteiger partial charge on any atom is -0.497 e. The third-order valence-corrected chi connectivity index (χ3v) is 3.40. The number of ether oxygens (including phenoxy) is 2. The third-order valence-electron chi connectivity index (χ3n) is 3.40. The van der Waals surface area contributed by atoms with Gasteiger partial charge in [-0.05, 0) is 37.1 Å². The number of hydrogen-bond acceptors (Lipinski definition) is 2. The number of methoxy groups -OCH3 is 1. The van der Waals surface area contributed by atoms with Crippen LogP contribution < -0.4 is 4.74 Å². The van der Waals surface area contributed by atoms with E-state index in [1.54, 1.807) is 7.11 Å². The lowest BCUT2D eigenvalue weighted by Crippen LogP contribution is -2.39. The van der Waals surface area contributed by atoms with Crippen LogP contribution in [0.25, 0.3) is 0 Å². The lowest BCUT2D eigenvalue weighted by atomic mass is 9.75. The van der Waals surface area contributed by atoms with Gasteiger partial charge in [0, 0.05) is 5.41 Å². The molecular formula is C14H20O2. The van der Waals surface area contributed by atoms with Gasteiger partial charge in [0.2, 0.25) is 0 Å². The Balaban J connectivity index is 2.60. The molecule has 0 unspecified atom stereocenters. The third kappa shape index (κ3) is 1.71. The first-order valence-electron chi connectivity index (χ1n) is 5.70. The molecule has 0 N–H and O–H groups in total. The molecule has 0 fully saturated rings. The fourth-order valence-electron chi connectivity index (χ4n) is 2.25. The van der Waals surface area contributed by atoms with Crippen molar-refractivity contribution in [3.8, 4) is 5.75 Å². The van der Waals surface area contributed by atoms with Crippen molar-refractivity contribution in [2.45, 2.75) is 38.7 Å². The van der Waals surface area contributed by atoms with E-state index in [0.717, 1.165) is 12.4 Å². The van der Waals surface area contributed by atoms with E-state index in [1.165, 1.54) is 11.1 Å². The summed E-state index contributed by atoms with van der Waals surface area (Å²) in [4.78, 5) is 0. The number of rotatable bonds is 1. The van der Waals surface area contributed by atoms with E-state index < -0.39 is 0 Å². The van der Waals surface area contributed by atoms with E-state index in [0.29, 0.717) is 0 Å². The van der Waals surface area contributed by atoms with E-state index in [9.17, 15) is 0 Å². The Labute approximate surface area is 97.6 Å². The first kappa shape index (κ1) is 11.5. The zero-order valence-corrected chi connectivity index (χ0v) is 10.8. The molecule has 1 aromatic carbocycles. The van der Waals surface area contributed by atoms with Gasteiger partial charge in [0.05, 0.1) is 19.3 Å². The number of fused-ring (bicyclic) bond motifs is 1. The zero-order valence-electron chi connectivity index (χ0n) is 10.8. The Hall–Kier alpha value is -1.02. The molecule has 0 amide bonds. The zero-order chi connectivity index (χ0) is 12.0. The molecule has 1 aliphatic heterocycles. The molecule has 2 nitrogen and oxygen atoms in total. The van der Waals surface area contributed by atoms with E-state index in [4.69, 9.17) is 9.47 Å². The number of hydrogen-bond donors (Lipinski definition) is 0. The minimum atomic E-state index is -0.197. The second-order valence-corrected chi connectivity index (χ2v) is 5.59. The maximum atomic E-state index is 5.94. The summed E-state index contributed by atoms with van der Waals surface area (Å²) in [6, 6.07) is 6.26. The first-order chi connectivity index (χ1) is 7.37. The fraction of sp³-hybridized carbons (Fsp3) is 0.571. The van der Waals surface area contributed by atoms with Crippen molar-refractivity contribution in [1.82, 2.24) is 0 Å². The van der Waals surface area contributed by atoms with Crippen LogP contribution in [0.1, 0.15) is 38.8 Å². The van der Waals surface area contributed by atoms with Crippen LogP contribution in [0.15, 0.2) is 18.2 Å². The first-order valence-corrected chi connectivity index (χ1v) is 5.70. The molecule has 2 heteroatoms. The summed E-state index contributed by atoms with van der Waals surface area (Å²) in [7, 11) is 1.71. The quantitative estimate of drug-likeness (QED) is 0.723. The van der Waals surface area contributed by atoms with Gasteiger partial charge >= 0.3 is 0 Å². The highest BCUT2D eigenvalue weighted by Gasteiger charge is 2.37. The van der Waals surface area contributed by atoms with Crippen molar-refractivity contribution in [3.05, 3.63) is 29.3 Å². The van der Waals surface area contributed by atoms with Crippen LogP contribution >= 0.6 is 0 Å². The van der Waals surface area contributed by atoms with Gasteiger partial charge in [-0.25, -0.2) is 0 Å². The molecule has 0 atom stereocenters. The summed E-state index contributed by atoms with van der Waals surface area (Å²) < 4.78 is 11.2. The Kier molecular flexibility index (Phi) is 2.50. The molecule has 0 aliphatic carbocycles. The lowest BCUT2D eigenvalue weighted by molar-refractivity contribution is -0.0588. The second kappa shape index (κ2) is 3.49.